The third kappa shape index (κ3) is 2.67. The van der Waals surface area contributed by atoms with Crippen molar-refractivity contribution in [2.75, 3.05) is 13.1 Å². The molecule has 1 aliphatic heterocycles. The highest BCUT2D eigenvalue weighted by atomic mass is 79.9. The van der Waals surface area contributed by atoms with E-state index in [1.54, 1.807) is 0 Å². The maximum atomic E-state index is 11.4. The molecular formula is C12H14BrNO. The molecule has 1 heterocycles. The molecule has 0 saturated carbocycles. The lowest BCUT2D eigenvalue weighted by Gasteiger charge is -2.08. The van der Waals surface area contributed by atoms with Gasteiger partial charge < -0.3 is 5.32 Å². The second kappa shape index (κ2) is 4.90. The molecule has 1 unspecified atom stereocenters. The first kappa shape index (κ1) is 10.8. The summed E-state index contributed by atoms with van der Waals surface area (Å²) < 4.78 is 1.14. The molecule has 0 aliphatic carbocycles. The van der Waals surface area contributed by atoms with E-state index in [2.05, 4.69) is 27.3 Å². The van der Waals surface area contributed by atoms with Crippen LogP contribution in [0.2, 0.25) is 0 Å². The Morgan fingerprint density at radius 2 is 2.20 bits per heavy atom. The van der Waals surface area contributed by atoms with Crippen molar-refractivity contribution < 1.29 is 4.79 Å². The Kier molecular flexibility index (Phi) is 3.54. The lowest BCUT2D eigenvalue weighted by molar-refractivity contribution is -0.119. The number of halogens is 1. The maximum absolute atomic E-state index is 11.4. The lowest BCUT2D eigenvalue weighted by atomic mass is 9.98. The molecule has 1 N–H and O–H groups in total. The molecule has 0 amide bonds. The number of rotatable bonds is 3. The van der Waals surface area contributed by atoms with E-state index in [1.165, 1.54) is 5.56 Å². The molecule has 1 aromatic carbocycles. The Balaban J connectivity index is 1.93. The van der Waals surface area contributed by atoms with Gasteiger partial charge in [-0.25, -0.2) is 0 Å². The minimum absolute atomic E-state index is 0.220. The van der Waals surface area contributed by atoms with Gasteiger partial charge in [0.25, 0.3) is 0 Å². The van der Waals surface area contributed by atoms with Gasteiger partial charge in [0.1, 0.15) is 0 Å². The molecule has 15 heavy (non-hydrogen) atoms. The van der Waals surface area contributed by atoms with Crippen LogP contribution in [-0.2, 0) is 11.2 Å². The van der Waals surface area contributed by atoms with Crippen LogP contribution in [0.3, 0.4) is 0 Å². The molecule has 1 aromatic rings. The van der Waals surface area contributed by atoms with Crippen LogP contribution in [0.25, 0.3) is 0 Å². The van der Waals surface area contributed by atoms with Crippen LogP contribution in [0.15, 0.2) is 28.7 Å². The van der Waals surface area contributed by atoms with Crippen LogP contribution in [0, 0.1) is 5.92 Å². The van der Waals surface area contributed by atoms with Gasteiger partial charge in [-0.3, -0.25) is 4.79 Å². The minimum atomic E-state index is 0.220. The number of hydrogen-bond donors (Lipinski definition) is 1. The summed E-state index contributed by atoms with van der Waals surface area (Å²) in [5, 5.41) is 3.11. The first-order chi connectivity index (χ1) is 7.27. The van der Waals surface area contributed by atoms with Crippen LogP contribution in [0.5, 0.6) is 0 Å². The number of carbonyl (C=O) groups excluding carboxylic acids is 1. The number of Topliss-reactive ketones (excluding diaryl/α,β-unsaturated/α-hetero) is 1. The summed E-state index contributed by atoms with van der Waals surface area (Å²) in [6.45, 7) is 1.41. The predicted octanol–water partition coefficient (Wildman–Crippen LogP) is 2.17. The largest absolute Gasteiger partial charge is 0.309 e. The van der Waals surface area contributed by atoms with Gasteiger partial charge in [0.05, 0.1) is 6.54 Å². The molecule has 1 atom stereocenters. The van der Waals surface area contributed by atoms with Crippen LogP contribution in [0.1, 0.15) is 12.0 Å². The normalized spacial score (nSPS) is 20.9. The van der Waals surface area contributed by atoms with Crippen molar-refractivity contribution in [2.24, 2.45) is 5.92 Å². The topological polar surface area (TPSA) is 29.1 Å². The highest BCUT2D eigenvalue weighted by Gasteiger charge is 2.23. The summed E-state index contributed by atoms with van der Waals surface area (Å²) in [5.41, 5.74) is 1.29. The van der Waals surface area contributed by atoms with Gasteiger partial charge in [-0.15, -0.1) is 0 Å². The van der Waals surface area contributed by atoms with Crippen LogP contribution in [0.4, 0.5) is 0 Å². The Morgan fingerprint density at radius 1 is 1.40 bits per heavy atom. The summed E-state index contributed by atoms with van der Waals surface area (Å²) in [5.74, 6) is 0.583. The predicted molar refractivity (Wildman–Crippen MR) is 63.8 cm³/mol. The summed E-state index contributed by atoms with van der Waals surface area (Å²) in [4.78, 5) is 11.4. The Labute approximate surface area is 98.2 Å². The number of benzene rings is 1. The van der Waals surface area contributed by atoms with Crippen molar-refractivity contribution in [2.45, 2.75) is 12.8 Å². The SMILES string of the molecule is O=C1CNCC1CCc1ccccc1Br. The van der Waals surface area contributed by atoms with Gasteiger partial charge in [-0.2, -0.15) is 0 Å². The summed E-state index contributed by atoms with van der Waals surface area (Å²) in [6.07, 6.45) is 1.92. The quantitative estimate of drug-likeness (QED) is 0.910. The van der Waals surface area contributed by atoms with Crippen molar-refractivity contribution in [3.05, 3.63) is 34.3 Å². The Hall–Kier alpha value is -0.670. The summed E-state index contributed by atoms with van der Waals surface area (Å²) >= 11 is 3.52. The second-order valence-electron chi connectivity index (χ2n) is 3.92. The summed E-state index contributed by atoms with van der Waals surface area (Å²) in [6, 6.07) is 8.20. The fourth-order valence-electron chi connectivity index (χ4n) is 1.92. The van der Waals surface area contributed by atoms with Crippen molar-refractivity contribution in [3.8, 4) is 0 Å². The zero-order valence-electron chi connectivity index (χ0n) is 8.50. The average molecular weight is 268 g/mol. The van der Waals surface area contributed by atoms with E-state index in [9.17, 15) is 4.79 Å². The highest BCUT2D eigenvalue weighted by molar-refractivity contribution is 9.10. The minimum Gasteiger partial charge on any atom is -0.309 e. The summed E-state index contributed by atoms with van der Waals surface area (Å²) in [7, 11) is 0. The Bertz CT molecular complexity index is 364. The van der Waals surface area contributed by atoms with E-state index in [4.69, 9.17) is 0 Å². The molecule has 0 aromatic heterocycles. The van der Waals surface area contributed by atoms with Gasteiger partial charge in [-0.05, 0) is 24.5 Å². The van der Waals surface area contributed by atoms with Crippen molar-refractivity contribution >= 4 is 21.7 Å². The van der Waals surface area contributed by atoms with E-state index in [0.29, 0.717) is 12.3 Å². The molecule has 80 valence electrons. The van der Waals surface area contributed by atoms with E-state index in [-0.39, 0.29) is 5.92 Å². The number of ketones is 1. The molecule has 0 spiro atoms. The van der Waals surface area contributed by atoms with Gasteiger partial charge in [-0.1, -0.05) is 34.1 Å². The van der Waals surface area contributed by atoms with E-state index < -0.39 is 0 Å². The highest BCUT2D eigenvalue weighted by Crippen LogP contribution is 2.20. The molecule has 3 heteroatoms. The lowest BCUT2D eigenvalue weighted by Crippen LogP contribution is -2.12. The van der Waals surface area contributed by atoms with Crippen molar-refractivity contribution in [3.63, 3.8) is 0 Å². The number of hydrogen-bond acceptors (Lipinski definition) is 2. The Morgan fingerprint density at radius 3 is 2.87 bits per heavy atom. The number of carbonyl (C=O) groups is 1. The second-order valence-corrected chi connectivity index (χ2v) is 4.78. The third-order valence-electron chi connectivity index (χ3n) is 2.87. The molecule has 2 rings (SSSR count). The number of nitrogens with one attached hydrogen (secondary N) is 1. The maximum Gasteiger partial charge on any atom is 0.150 e. The third-order valence-corrected chi connectivity index (χ3v) is 3.64. The van der Waals surface area contributed by atoms with Gasteiger partial charge in [0.2, 0.25) is 0 Å². The standard InChI is InChI=1S/C12H14BrNO/c13-11-4-2-1-3-9(11)5-6-10-7-14-8-12(10)15/h1-4,10,14H,5-8H2. The van der Waals surface area contributed by atoms with Crippen molar-refractivity contribution in [1.29, 1.82) is 0 Å². The molecule has 2 nitrogen and oxygen atoms in total. The zero-order valence-corrected chi connectivity index (χ0v) is 10.1. The van der Waals surface area contributed by atoms with Crippen molar-refractivity contribution in [1.82, 2.24) is 5.32 Å². The molecule has 1 fully saturated rings. The van der Waals surface area contributed by atoms with Gasteiger partial charge >= 0.3 is 0 Å². The van der Waals surface area contributed by atoms with E-state index in [0.717, 1.165) is 23.9 Å². The molecule has 1 saturated heterocycles. The molecule has 0 radical (unpaired) electrons. The first-order valence-electron chi connectivity index (χ1n) is 5.24. The van der Waals surface area contributed by atoms with Crippen LogP contribution in [-0.4, -0.2) is 18.9 Å². The van der Waals surface area contributed by atoms with Gasteiger partial charge in [0.15, 0.2) is 5.78 Å². The zero-order chi connectivity index (χ0) is 10.7. The average Bonchev–Trinajstić information content (AvgIpc) is 2.63. The fraction of sp³-hybridized carbons (Fsp3) is 0.417. The first-order valence-corrected chi connectivity index (χ1v) is 6.03. The number of aryl methyl sites for hydroxylation is 1. The fourth-order valence-corrected chi connectivity index (χ4v) is 2.40. The van der Waals surface area contributed by atoms with Crippen LogP contribution < -0.4 is 5.32 Å². The van der Waals surface area contributed by atoms with Crippen LogP contribution >= 0.6 is 15.9 Å². The smallest absolute Gasteiger partial charge is 0.150 e. The molecule has 1 aliphatic rings. The monoisotopic (exact) mass is 267 g/mol. The van der Waals surface area contributed by atoms with E-state index >= 15 is 0 Å². The van der Waals surface area contributed by atoms with Gasteiger partial charge in [0, 0.05) is 16.9 Å². The molecule has 0 bridgehead atoms. The molecular weight excluding hydrogens is 254 g/mol. The van der Waals surface area contributed by atoms with E-state index in [1.807, 2.05) is 18.2 Å².